The third kappa shape index (κ3) is 3.31. The van der Waals surface area contributed by atoms with Gasteiger partial charge in [-0.15, -0.1) is 0 Å². The van der Waals surface area contributed by atoms with E-state index in [0.717, 1.165) is 10.9 Å². The number of benzene rings is 1. The molecule has 0 aliphatic carbocycles. The summed E-state index contributed by atoms with van der Waals surface area (Å²) in [7, 11) is 0. The Kier molecular flexibility index (Phi) is 3.67. The minimum absolute atomic E-state index is 0.120. The zero-order chi connectivity index (χ0) is 9.84. The van der Waals surface area contributed by atoms with Gasteiger partial charge in [-0.3, -0.25) is 4.79 Å². The third-order valence-electron chi connectivity index (χ3n) is 2.12. The second-order valence-electron chi connectivity index (χ2n) is 3.35. The molecule has 0 aliphatic rings. The van der Waals surface area contributed by atoms with Crippen LogP contribution in [0.15, 0.2) is 28.7 Å². The predicted molar refractivity (Wildman–Crippen MR) is 57.7 cm³/mol. The molecule has 2 heteroatoms. The Morgan fingerprint density at radius 2 is 2.23 bits per heavy atom. The second-order valence-corrected chi connectivity index (χ2v) is 4.26. The highest BCUT2D eigenvalue weighted by Crippen LogP contribution is 2.15. The topological polar surface area (TPSA) is 17.1 Å². The van der Waals surface area contributed by atoms with Crippen molar-refractivity contribution < 1.29 is 4.79 Å². The van der Waals surface area contributed by atoms with Crippen molar-refractivity contribution in [3.63, 3.8) is 0 Å². The summed E-state index contributed by atoms with van der Waals surface area (Å²) in [4.78, 5) is 11.0. The zero-order valence-electron chi connectivity index (χ0n) is 7.88. The quantitative estimate of drug-likeness (QED) is 0.794. The van der Waals surface area contributed by atoms with Crippen molar-refractivity contribution in [1.29, 1.82) is 0 Å². The Labute approximate surface area is 87.3 Å². The number of carbonyl (C=O) groups excluding carboxylic acids is 1. The molecule has 70 valence electrons. The van der Waals surface area contributed by atoms with Gasteiger partial charge in [0.25, 0.3) is 0 Å². The van der Waals surface area contributed by atoms with Gasteiger partial charge in [-0.2, -0.15) is 0 Å². The summed E-state index contributed by atoms with van der Waals surface area (Å²) in [6.07, 6.45) is 0.828. The number of halogens is 1. The van der Waals surface area contributed by atoms with E-state index < -0.39 is 0 Å². The lowest BCUT2D eigenvalue weighted by Crippen LogP contribution is -2.09. The zero-order valence-corrected chi connectivity index (χ0v) is 9.47. The summed E-state index contributed by atoms with van der Waals surface area (Å²) in [5.41, 5.74) is 1.21. The summed E-state index contributed by atoms with van der Waals surface area (Å²) in [6, 6.07) is 8.08. The van der Waals surface area contributed by atoms with Crippen molar-refractivity contribution in [3.8, 4) is 0 Å². The van der Waals surface area contributed by atoms with Gasteiger partial charge in [0.05, 0.1) is 0 Å². The van der Waals surface area contributed by atoms with E-state index in [2.05, 4.69) is 22.0 Å². The molecule has 0 saturated carbocycles. The van der Waals surface area contributed by atoms with E-state index >= 15 is 0 Å². The van der Waals surface area contributed by atoms with Crippen molar-refractivity contribution >= 4 is 21.7 Å². The van der Waals surface area contributed by atoms with Gasteiger partial charge >= 0.3 is 0 Å². The Hall–Kier alpha value is -0.630. The van der Waals surface area contributed by atoms with E-state index in [-0.39, 0.29) is 11.7 Å². The number of hydrogen-bond donors (Lipinski definition) is 0. The summed E-state index contributed by atoms with van der Waals surface area (Å²) in [6.45, 7) is 3.60. The maximum absolute atomic E-state index is 11.0. The maximum Gasteiger partial charge on any atom is 0.132 e. The minimum atomic E-state index is 0.120. The molecule has 0 bridgehead atoms. The molecule has 1 rings (SSSR count). The minimum Gasteiger partial charge on any atom is -0.300 e. The van der Waals surface area contributed by atoms with Crippen molar-refractivity contribution in [2.24, 2.45) is 5.92 Å². The average Bonchev–Trinajstić information content (AvgIpc) is 2.04. The first-order valence-corrected chi connectivity index (χ1v) is 5.14. The first-order valence-electron chi connectivity index (χ1n) is 4.34. The lowest BCUT2D eigenvalue weighted by molar-refractivity contribution is -0.120. The maximum atomic E-state index is 11.0. The van der Waals surface area contributed by atoms with Gasteiger partial charge < -0.3 is 0 Å². The van der Waals surface area contributed by atoms with Crippen LogP contribution in [0.5, 0.6) is 0 Å². The van der Waals surface area contributed by atoms with Crippen LogP contribution in [0.3, 0.4) is 0 Å². The molecular formula is C11H13BrO. The molecule has 0 N–H and O–H groups in total. The van der Waals surface area contributed by atoms with Crippen LogP contribution in [0.4, 0.5) is 0 Å². The molecule has 13 heavy (non-hydrogen) atoms. The molecule has 0 saturated heterocycles. The Morgan fingerprint density at radius 1 is 1.54 bits per heavy atom. The van der Waals surface area contributed by atoms with Crippen LogP contribution in [0.1, 0.15) is 19.4 Å². The first-order chi connectivity index (χ1) is 6.09. The van der Waals surface area contributed by atoms with Crippen molar-refractivity contribution in [2.75, 3.05) is 0 Å². The van der Waals surface area contributed by atoms with E-state index in [1.165, 1.54) is 5.56 Å². The molecule has 1 aromatic rings. The van der Waals surface area contributed by atoms with E-state index in [9.17, 15) is 4.79 Å². The largest absolute Gasteiger partial charge is 0.300 e. The standard InChI is InChI=1S/C11H13BrO/c1-8(9(2)13)6-10-4-3-5-11(12)7-10/h3-5,7-8H,6H2,1-2H3. The summed E-state index contributed by atoms with van der Waals surface area (Å²) < 4.78 is 1.07. The predicted octanol–water partition coefficient (Wildman–Crippen LogP) is 3.22. The number of ketones is 1. The van der Waals surface area contributed by atoms with E-state index in [4.69, 9.17) is 0 Å². The molecule has 0 fully saturated rings. The van der Waals surface area contributed by atoms with Gasteiger partial charge in [-0.05, 0) is 31.0 Å². The fraction of sp³-hybridized carbons (Fsp3) is 0.364. The van der Waals surface area contributed by atoms with Crippen LogP contribution in [0, 0.1) is 5.92 Å². The van der Waals surface area contributed by atoms with Crippen LogP contribution in [0.25, 0.3) is 0 Å². The van der Waals surface area contributed by atoms with E-state index in [0.29, 0.717) is 0 Å². The fourth-order valence-corrected chi connectivity index (χ4v) is 1.61. The van der Waals surface area contributed by atoms with Crippen molar-refractivity contribution in [1.82, 2.24) is 0 Å². The molecule has 1 nitrogen and oxygen atoms in total. The molecule has 1 unspecified atom stereocenters. The van der Waals surface area contributed by atoms with Crippen LogP contribution >= 0.6 is 15.9 Å². The van der Waals surface area contributed by atoms with Gasteiger partial charge in [-0.1, -0.05) is 35.0 Å². The molecular weight excluding hydrogens is 228 g/mol. The van der Waals surface area contributed by atoms with Gasteiger partial charge in [0.2, 0.25) is 0 Å². The van der Waals surface area contributed by atoms with Crippen LogP contribution < -0.4 is 0 Å². The lowest BCUT2D eigenvalue weighted by atomic mass is 9.98. The third-order valence-corrected chi connectivity index (χ3v) is 2.62. The average molecular weight is 241 g/mol. The lowest BCUT2D eigenvalue weighted by Gasteiger charge is -2.07. The Bertz CT molecular complexity index is 307. The van der Waals surface area contributed by atoms with Crippen molar-refractivity contribution in [3.05, 3.63) is 34.3 Å². The molecule has 0 amide bonds. The second kappa shape index (κ2) is 4.56. The SMILES string of the molecule is CC(=O)C(C)Cc1cccc(Br)c1. The van der Waals surface area contributed by atoms with Crippen LogP contribution in [-0.4, -0.2) is 5.78 Å². The van der Waals surface area contributed by atoms with Gasteiger partial charge in [0.15, 0.2) is 0 Å². The Morgan fingerprint density at radius 3 is 2.77 bits per heavy atom. The summed E-state index contributed by atoms with van der Waals surface area (Å²) in [5.74, 6) is 0.370. The summed E-state index contributed by atoms with van der Waals surface area (Å²) >= 11 is 3.40. The van der Waals surface area contributed by atoms with E-state index in [1.807, 2.05) is 25.1 Å². The number of rotatable bonds is 3. The molecule has 0 radical (unpaired) electrons. The molecule has 1 atom stereocenters. The van der Waals surface area contributed by atoms with Gasteiger partial charge in [0.1, 0.15) is 5.78 Å². The van der Waals surface area contributed by atoms with Gasteiger partial charge in [0, 0.05) is 10.4 Å². The summed E-state index contributed by atoms with van der Waals surface area (Å²) in [5, 5.41) is 0. The first kappa shape index (κ1) is 10.5. The highest BCUT2D eigenvalue weighted by atomic mass is 79.9. The monoisotopic (exact) mass is 240 g/mol. The molecule has 1 aromatic carbocycles. The normalized spacial score (nSPS) is 12.5. The van der Waals surface area contributed by atoms with E-state index in [1.54, 1.807) is 6.92 Å². The number of carbonyl (C=O) groups is 1. The van der Waals surface area contributed by atoms with Crippen molar-refractivity contribution in [2.45, 2.75) is 20.3 Å². The fourth-order valence-electron chi connectivity index (χ4n) is 1.16. The smallest absolute Gasteiger partial charge is 0.132 e. The van der Waals surface area contributed by atoms with Crippen LogP contribution in [0.2, 0.25) is 0 Å². The molecule has 0 spiro atoms. The molecule has 0 heterocycles. The Balaban J connectivity index is 2.69. The highest BCUT2D eigenvalue weighted by molar-refractivity contribution is 9.10. The number of hydrogen-bond acceptors (Lipinski definition) is 1. The molecule has 0 aromatic heterocycles. The highest BCUT2D eigenvalue weighted by Gasteiger charge is 2.08. The van der Waals surface area contributed by atoms with Gasteiger partial charge in [-0.25, -0.2) is 0 Å². The molecule has 0 aliphatic heterocycles. The number of Topliss-reactive ketones (excluding diaryl/α,β-unsaturated/α-hetero) is 1. The van der Waals surface area contributed by atoms with Crippen LogP contribution in [-0.2, 0) is 11.2 Å².